The Bertz CT molecular complexity index is 830. The summed E-state index contributed by atoms with van der Waals surface area (Å²) in [5, 5.41) is 32.7. The van der Waals surface area contributed by atoms with Crippen molar-refractivity contribution in [2.75, 3.05) is 0 Å². The molecule has 0 bridgehead atoms. The topological polar surface area (TPSA) is 94.8 Å². The number of hydrogen-bond acceptors (Lipinski definition) is 5. The molecule has 4 aliphatic carbocycles. The van der Waals surface area contributed by atoms with Crippen LogP contribution in [0.15, 0.2) is 11.1 Å². The molecule has 32 heavy (non-hydrogen) atoms. The summed E-state index contributed by atoms with van der Waals surface area (Å²) in [6.45, 7) is 10.8. The zero-order chi connectivity index (χ0) is 23.6. The second-order valence-corrected chi connectivity index (χ2v) is 12.4. The molecule has 0 radical (unpaired) electrons. The van der Waals surface area contributed by atoms with E-state index in [1.807, 2.05) is 6.92 Å². The summed E-state index contributed by atoms with van der Waals surface area (Å²) in [5.74, 6) is 1.00. The standard InChI is InChI=1S/C27H42O5/c1-15(2)7-6-8-16(3)18-9-10-19-21-22(20(29)14-25(18,19)4)26(5)12-11-17(28)13-27(26,32)24(31)23(21)30/h15-19,24,28,31-32H,6-14H2,1-5H3/t16-,17+,18-,19?,24-,25-,26-,27+/m1/s1. The van der Waals surface area contributed by atoms with E-state index in [9.17, 15) is 24.9 Å². The van der Waals surface area contributed by atoms with Crippen LogP contribution in [0.5, 0.6) is 0 Å². The van der Waals surface area contributed by atoms with Crippen LogP contribution in [0.4, 0.5) is 0 Å². The van der Waals surface area contributed by atoms with E-state index >= 15 is 0 Å². The molecule has 180 valence electrons. The van der Waals surface area contributed by atoms with Crippen molar-refractivity contribution >= 4 is 11.6 Å². The molecule has 0 aromatic carbocycles. The van der Waals surface area contributed by atoms with Gasteiger partial charge in [-0.2, -0.15) is 0 Å². The summed E-state index contributed by atoms with van der Waals surface area (Å²) in [4.78, 5) is 27.2. The third-order valence-electron chi connectivity index (χ3n) is 9.97. The van der Waals surface area contributed by atoms with Crippen LogP contribution >= 0.6 is 0 Å². The molecule has 0 aromatic heterocycles. The third kappa shape index (κ3) is 3.29. The van der Waals surface area contributed by atoms with Crippen LogP contribution in [0.3, 0.4) is 0 Å². The van der Waals surface area contributed by atoms with Crippen molar-refractivity contribution in [2.24, 2.45) is 34.5 Å². The van der Waals surface area contributed by atoms with Crippen molar-refractivity contribution in [1.82, 2.24) is 0 Å². The van der Waals surface area contributed by atoms with Gasteiger partial charge in [0.2, 0.25) is 0 Å². The lowest BCUT2D eigenvalue weighted by Crippen LogP contribution is -2.67. The van der Waals surface area contributed by atoms with Crippen molar-refractivity contribution < 1.29 is 24.9 Å². The maximum Gasteiger partial charge on any atom is 0.190 e. The molecule has 4 aliphatic rings. The third-order valence-corrected chi connectivity index (χ3v) is 9.97. The zero-order valence-corrected chi connectivity index (χ0v) is 20.5. The van der Waals surface area contributed by atoms with E-state index in [1.54, 1.807) is 0 Å². The zero-order valence-electron chi connectivity index (χ0n) is 20.5. The number of carbonyl (C=O) groups excluding carboxylic acids is 2. The monoisotopic (exact) mass is 446 g/mol. The Kier molecular flexibility index (Phi) is 6.04. The van der Waals surface area contributed by atoms with E-state index in [0.717, 1.165) is 19.3 Å². The minimum absolute atomic E-state index is 0.0300. The van der Waals surface area contributed by atoms with E-state index in [2.05, 4.69) is 27.7 Å². The number of ketones is 2. The minimum Gasteiger partial charge on any atom is -0.393 e. The van der Waals surface area contributed by atoms with Crippen molar-refractivity contribution in [3.05, 3.63) is 11.1 Å². The number of fused-ring (bicyclic) bond motifs is 4. The average Bonchev–Trinajstić information content (AvgIpc) is 3.04. The summed E-state index contributed by atoms with van der Waals surface area (Å²) in [7, 11) is 0. The van der Waals surface area contributed by atoms with Crippen LogP contribution in [0.1, 0.15) is 92.4 Å². The Morgan fingerprint density at radius 1 is 1.03 bits per heavy atom. The van der Waals surface area contributed by atoms with Gasteiger partial charge in [-0.05, 0) is 54.8 Å². The van der Waals surface area contributed by atoms with Crippen LogP contribution in [-0.4, -0.2) is 44.7 Å². The first-order valence-electron chi connectivity index (χ1n) is 12.8. The molecule has 3 N–H and O–H groups in total. The van der Waals surface area contributed by atoms with E-state index in [-0.39, 0.29) is 23.5 Å². The highest BCUT2D eigenvalue weighted by Crippen LogP contribution is 2.65. The van der Waals surface area contributed by atoms with Crippen LogP contribution in [0.25, 0.3) is 0 Å². The lowest BCUT2D eigenvalue weighted by atomic mass is 9.47. The number of Topliss-reactive ketones (excluding diaryl/α,β-unsaturated/α-hetero) is 2. The molecule has 0 aromatic rings. The molecule has 0 heterocycles. The van der Waals surface area contributed by atoms with Gasteiger partial charge in [-0.3, -0.25) is 9.59 Å². The van der Waals surface area contributed by atoms with Gasteiger partial charge in [-0.1, -0.05) is 53.9 Å². The summed E-state index contributed by atoms with van der Waals surface area (Å²) in [5.41, 5.74) is -2.07. The molecular weight excluding hydrogens is 404 g/mol. The van der Waals surface area contributed by atoms with Gasteiger partial charge in [-0.25, -0.2) is 0 Å². The average molecular weight is 447 g/mol. The van der Waals surface area contributed by atoms with Gasteiger partial charge < -0.3 is 15.3 Å². The molecule has 5 heteroatoms. The lowest BCUT2D eigenvalue weighted by Gasteiger charge is -2.58. The molecule has 0 aliphatic heterocycles. The molecular formula is C27H42O5. The highest BCUT2D eigenvalue weighted by atomic mass is 16.4. The first kappa shape index (κ1) is 24.1. The highest BCUT2D eigenvalue weighted by Gasteiger charge is 2.68. The maximum absolute atomic E-state index is 13.7. The van der Waals surface area contributed by atoms with Crippen molar-refractivity contribution in [3.8, 4) is 0 Å². The Morgan fingerprint density at radius 2 is 1.72 bits per heavy atom. The number of aliphatic hydroxyl groups is 3. The highest BCUT2D eigenvalue weighted by molar-refractivity contribution is 6.13. The lowest BCUT2D eigenvalue weighted by molar-refractivity contribution is -0.194. The van der Waals surface area contributed by atoms with Crippen molar-refractivity contribution in [3.63, 3.8) is 0 Å². The molecule has 5 nitrogen and oxygen atoms in total. The van der Waals surface area contributed by atoms with Gasteiger partial charge in [-0.15, -0.1) is 0 Å². The number of aliphatic hydroxyl groups excluding tert-OH is 2. The Balaban J connectivity index is 1.71. The van der Waals surface area contributed by atoms with Crippen molar-refractivity contribution in [1.29, 1.82) is 0 Å². The molecule has 1 unspecified atom stereocenters. The van der Waals surface area contributed by atoms with Gasteiger partial charge in [0.1, 0.15) is 11.7 Å². The molecule has 2 fully saturated rings. The summed E-state index contributed by atoms with van der Waals surface area (Å²) in [6.07, 6.45) is 4.22. The fourth-order valence-electron chi connectivity index (χ4n) is 8.11. The van der Waals surface area contributed by atoms with Gasteiger partial charge in [0.25, 0.3) is 0 Å². The summed E-state index contributed by atoms with van der Waals surface area (Å²) >= 11 is 0. The quantitative estimate of drug-likeness (QED) is 0.594. The minimum atomic E-state index is -1.79. The smallest absolute Gasteiger partial charge is 0.190 e. The Hall–Kier alpha value is -1.04. The van der Waals surface area contributed by atoms with E-state index in [4.69, 9.17) is 0 Å². The van der Waals surface area contributed by atoms with E-state index < -0.39 is 29.0 Å². The SMILES string of the molecule is CC(C)CCC[C@@H](C)[C@H]1CCC2C3=C(C(=O)C[C@@]21C)[C@@]1(C)CC[C@H](O)C[C@]1(O)[C@H](O)C3=O. The second-order valence-electron chi connectivity index (χ2n) is 12.4. The van der Waals surface area contributed by atoms with Crippen LogP contribution in [0, 0.1) is 34.5 Å². The number of hydrogen-bond donors (Lipinski definition) is 3. The summed E-state index contributed by atoms with van der Waals surface area (Å²) < 4.78 is 0. The maximum atomic E-state index is 13.7. The summed E-state index contributed by atoms with van der Waals surface area (Å²) in [6, 6.07) is 0. The predicted molar refractivity (Wildman–Crippen MR) is 123 cm³/mol. The van der Waals surface area contributed by atoms with E-state index in [1.165, 1.54) is 12.8 Å². The Morgan fingerprint density at radius 3 is 2.38 bits per heavy atom. The molecule has 0 amide bonds. The molecule has 8 atom stereocenters. The van der Waals surface area contributed by atoms with Crippen LogP contribution < -0.4 is 0 Å². The van der Waals surface area contributed by atoms with Gasteiger partial charge >= 0.3 is 0 Å². The van der Waals surface area contributed by atoms with Gasteiger partial charge in [0.05, 0.1) is 6.10 Å². The van der Waals surface area contributed by atoms with E-state index in [0.29, 0.717) is 48.2 Å². The molecule has 0 saturated heterocycles. The predicted octanol–water partition coefficient (Wildman–Crippen LogP) is 3.98. The van der Waals surface area contributed by atoms with Crippen LogP contribution in [0.2, 0.25) is 0 Å². The molecule has 2 saturated carbocycles. The number of rotatable bonds is 5. The second kappa shape index (κ2) is 8.02. The fraction of sp³-hybridized carbons (Fsp3) is 0.852. The Labute approximate surface area is 192 Å². The molecule has 4 rings (SSSR count). The normalized spacial score (nSPS) is 45.0. The first-order valence-corrected chi connectivity index (χ1v) is 12.8. The largest absolute Gasteiger partial charge is 0.393 e. The van der Waals surface area contributed by atoms with Crippen molar-refractivity contribution in [2.45, 2.75) is 110 Å². The van der Waals surface area contributed by atoms with Crippen LogP contribution in [-0.2, 0) is 9.59 Å². The van der Waals surface area contributed by atoms with Gasteiger partial charge in [0, 0.05) is 29.4 Å². The number of carbonyl (C=O) groups is 2. The molecule has 0 spiro atoms. The first-order chi connectivity index (χ1) is 14.9. The van der Waals surface area contributed by atoms with Gasteiger partial charge in [0.15, 0.2) is 11.6 Å². The fourth-order valence-corrected chi connectivity index (χ4v) is 8.11.